The van der Waals surface area contributed by atoms with Crippen molar-refractivity contribution in [2.75, 3.05) is 12.4 Å². The first-order valence-corrected chi connectivity index (χ1v) is 5.84. The van der Waals surface area contributed by atoms with Crippen molar-refractivity contribution in [1.29, 1.82) is 5.26 Å². The summed E-state index contributed by atoms with van der Waals surface area (Å²) in [6.45, 7) is 5.77. The Hall–Kier alpha value is -2.02. The standard InChI is InChI=1S/C14H18N2O2/c1-9(2)13(14(17)18-4)16-12-6-5-11(8-15)10(3)7-12/h5-7,9,13,16H,1-4H3. The second-order valence-electron chi connectivity index (χ2n) is 4.53. The van der Waals surface area contributed by atoms with E-state index in [1.165, 1.54) is 7.11 Å². The van der Waals surface area contributed by atoms with E-state index in [9.17, 15) is 4.79 Å². The molecule has 96 valence electrons. The minimum Gasteiger partial charge on any atom is -0.467 e. The van der Waals surface area contributed by atoms with Gasteiger partial charge in [0.2, 0.25) is 0 Å². The second-order valence-corrected chi connectivity index (χ2v) is 4.53. The van der Waals surface area contributed by atoms with Crippen LogP contribution in [0, 0.1) is 24.2 Å². The Kier molecular flexibility index (Phi) is 4.73. The van der Waals surface area contributed by atoms with Gasteiger partial charge in [0.1, 0.15) is 6.04 Å². The molecule has 0 bridgehead atoms. The lowest BCUT2D eigenvalue weighted by Crippen LogP contribution is -2.35. The molecule has 0 saturated heterocycles. The van der Waals surface area contributed by atoms with Gasteiger partial charge < -0.3 is 10.1 Å². The molecule has 0 amide bonds. The highest BCUT2D eigenvalue weighted by molar-refractivity contribution is 5.79. The molecule has 0 spiro atoms. The van der Waals surface area contributed by atoms with E-state index in [4.69, 9.17) is 10.00 Å². The third-order valence-electron chi connectivity index (χ3n) is 2.79. The van der Waals surface area contributed by atoms with E-state index in [1.54, 1.807) is 12.1 Å². The number of nitrogens with one attached hydrogen (secondary N) is 1. The fourth-order valence-corrected chi connectivity index (χ4v) is 1.68. The van der Waals surface area contributed by atoms with Gasteiger partial charge in [0, 0.05) is 5.69 Å². The van der Waals surface area contributed by atoms with Gasteiger partial charge in [-0.25, -0.2) is 4.79 Å². The number of aryl methyl sites for hydroxylation is 1. The van der Waals surface area contributed by atoms with Gasteiger partial charge >= 0.3 is 5.97 Å². The van der Waals surface area contributed by atoms with Crippen LogP contribution in [0.4, 0.5) is 5.69 Å². The highest BCUT2D eigenvalue weighted by atomic mass is 16.5. The third kappa shape index (κ3) is 3.24. The van der Waals surface area contributed by atoms with Crippen molar-refractivity contribution in [3.8, 4) is 6.07 Å². The average Bonchev–Trinajstić information content (AvgIpc) is 2.35. The highest BCUT2D eigenvalue weighted by Crippen LogP contribution is 2.17. The van der Waals surface area contributed by atoms with E-state index in [-0.39, 0.29) is 17.9 Å². The SMILES string of the molecule is COC(=O)C(Nc1ccc(C#N)c(C)c1)C(C)C. The number of carbonyl (C=O) groups is 1. The number of hydrogen-bond donors (Lipinski definition) is 1. The van der Waals surface area contributed by atoms with Crippen LogP contribution < -0.4 is 5.32 Å². The Morgan fingerprint density at radius 3 is 2.56 bits per heavy atom. The van der Waals surface area contributed by atoms with Crippen molar-refractivity contribution in [2.45, 2.75) is 26.8 Å². The predicted molar refractivity (Wildman–Crippen MR) is 70.2 cm³/mol. The summed E-state index contributed by atoms with van der Waals surface area (Å²) in [4.78, 5) is 11.6. The van der Waals surface area contributed by atoms with Gasteiger partial charge in [-0.3, -0.25) is 0 Å². The molecular weight excluding hydrogens is 228 g/mol. The van der Waals surface area contributed by atoms with Crippen molar-refractivity contribution in [3.63, 3.8) is 0 Å². The number of ether oxygens (including phenoxy) is 1. The molecule has 1 aromatic carbocycles. The van der Waals surface area contributed by atoms with E-state index in [2.05, 4.69) is 11.4 Å². The van der Waals surface area contributed by atoms with Crippen LogP contribution in [-0.2, 0) is 9.53 Å². The van der Waals surface area contributed by atoms with Crippen LogP contribution in [0.25, 0.3) is 0 Å². The molecule has 0 fully saturated rings. The molecule has 4 nitrogen and oxygen atoms in total. The maximum absolute atomic E-state index is 11.6. The number of anilines is 1. The Labute approximate surface area is 108 Å². The summed E-state index contributed by atoms with van der Waals surface area (Å²) in [5.74, 6) is -0.166. The second kappa shape index (κ2) is 6.06. The highest BCUT2D eigenvalue weighted by Gasteiger charge is 2.22. The van der Waals surface area contributed by atoms with Crippen LogP contribution >= 0.6 is 0 Å². The molecule has 4 heteroatoms. The van der Waals surface area contributed by atoms with Gasteiger partial charge in [-0.05, 0) is 36.6 Å². The lowest BCUT2D eigenvalue weighted by atomic mass is 10.0. The Morgan fingerprint density at radius 1 is 1.44 bits per heavy atom. The van der Waals surface area contributed by atoms with Crippen molar-refractivity contribution in [2.24, 2.45) is 5.92 Å². The molecule has 0 aliphatic heterocycles. The molecule has 0 aliphatic carbocycles. The van der Waals surface area contributed by atoms with Gasteiger partial charge in [-0.15, -0.1) is 0 Å². The summed E-state index contributed by atoms with van der Waals surface area (Å²) in [6.07, 6.45) is 0. The first-order valence-electron chi connectivity index (χ1n) is 5.84. The van der Waals surface area contributed by atoms with Crippen molar-refractivity contribution in [1.82, 2.24) is 0 Å². The average molecular weight is 246 g/mol. The number of hydrogen-bond acceptors (Lipinski definition) is 4. The zero-order valence-corrected chi connectivity index (χ0v) is 11.2. The fraction of sp³-hybridized carbons (Fsp3) is 0.429. The largest absolute Gasteiger partial charge is 0.467 e. The molecule has 0 radical (unpaired) electrons. The smallest absolute Gasteiger partial charge is 0.328 e. The van der Waals surface area contributed by atoms with Crippen molar-refractivity contribution < 1.29 is 9.53 Å². The van der Waals surface area contributed by atoms with Crippen molar-refractivity contribution in [3.05, 3.63) is 29.3 Å². The topological polar surface area (TPSA) is 62.1 Å². The van der Waals surface area contributed by atoms with Gasteiger partial charge in [0.05, 0.1) is 18.7 Å². The van der Waals surface area contributed by atoms with Gasteiger partial charge in [-0.1, -0.05) is 13.8 Å². The fourth-order valence-electron chi connectivity index (χ4n) is 1.68. The number of carbonyl (C=O) groups excluding carboxylic acids is 1. The maximum Gasteiger partial charge on any atom is 0.328 e. The van der Waals surface area contributed by atoms with Crippen LogP contribution in [0.2, 0.25) is 0 Å². The Morgan fingerprint density at radius 2 is 2.11 bits per heavy atom. The molecule has 18 heavy (non-hydrogen) atoms. The first kappa shape index (κ1) is 14.0. The summed E-state index contributed by atoms with van der Waals surface area (Å²) < 4.78 is 4.77. The van der Waals surface area contributed by atoms with E-state index in [0.29, 0.717) is 5.56 Å². The molecule has 0 aromatic heterocycles. The monoisotopic (exact) mass is 246 g/mol. The number of nitriles is 1. The van der Waals surface area contributed by atoms with E-state index >= 15 is 0 Å². The number of benzene rings is 1. The molecule has 1 unspecified atom stereocenters. The number of methoxy groups -OCH3 is 1. The molecule has 1 rings (SSSR count). The molecule has 0 heterocycles. The van der Waals surface area contributed by atoms with Crippen LogP contribution in [0.3, 0.4) is 0 Å². The molecule has 0 aliphatic rings. The van der Waals surface area contributed by atoms with Crippen LogP contribution in [-0.4, -0.2) is 19.1 Å². The van der Waals surface area contributed by atoms with Gasteiger partial charge in [0.25, 0.3) is 0 Å². The molecular formula is C14H18N2O2. The number of nitrogens with zero attached hydrogens (tertiary/aromatic N) is 1. The third-order valence-corrected chi connectivity index (χ3v) is 2.79. The lowest BCUT2D eigenvalue weighted by Gasteiger charge is -2.21. The zero-order chi connectivity index (χ0) is 13.7. The van der Waals surface area contributed by atoms with Crippen LogP contribution in [0.1, 0.15) is 25.0 Å². The van der Waals surface area contributed by atoms with E-state index in [1.807, 2.05) is 26.8 Å². The first-order chi connectivity index (χ1) is 8.49. The van der Waals surface area contributed by atoms with Gasteiger partial charge in [0.15, 0.2) is 0 Å². The zero-order valence-electron chi connectivity index (χ0n) is 11.2. The van der Waals surface area contributed by atoms with Gasteiger partial charge in [-0.2, -0.15) is 5.26 Å². The van der Waals surface area contributed by atoms with E-state index in [0.717, 1.165) is 11.3 Å². The quantitative estimate of drug-likeness (QED) is 0.829. The Bertz CT molecular complexity index is 475. The minimum absolute atomic E-state index is 0.119. The molecule has 1 aromatic rings. The Balaban J connectivity index is 2.92. The summed E-state index contributed by atoms with van der Waals surface area (Å²) in [6, 6.07) is 7.12. The predicted octanol–water partition coefficient (Wildman–Crippen LogP) is 2.48. The summed E-state index contributed by atoms with van der Waals surface area (Å²) in [5.41, 5.74) is 2.34. The summed E-state index contributed by atoms with van der Waals surface area (Å²) >= 11 is 0. The minimum atomic E-state index is -0.387. The molecule has 0 saturated carbocycles. The number of rotatable bonds is 4. The number of esters is 1. The van der Waals surface area contributed by atoms with Crippen molar-refractivity contribution >= 4 is 11.7 Å². The van der Waals surface area contributed by atoms with Crippen LogP contribution in [0.5, 0.6) is 0 Å². The maximum atomic E-state index is 11.6. The van der Waals surface area contributed by atoms with Crippen LogP contribution in [0.15, 0.2) is 18.2 Å². The summed E-state index contributed by atoms with van der Waals surface area (Å²) in [5, 5.41) is 12.0. The molecule has 1 N–H and O–H groups in total. The lowest BCUT2D eigenvalue weighted by molar-refractivity contribution is -0.142. The normalized spacial score (nSPS) is 11.8. The molecule has 1 atom stereocenters. The summed E-state index contributed by atoms with van der Waals surface area (Å²) in [7, 11) is 1.38. The van der Waals surface area contributed by atoms with E-state index < -0.39 is 0 Å².